The molecule has 0 N–H and O–H groups in total. The molecule has 0 fully saturated rings. The summed E-state index contributed by atoms with van der Waals surface area (Å²) >= 11 is 4.39. The molecule has 22 heavy (non-hydrogen) atoms. The van der Waals surface area contributed by atoms with Gasteiger partial charge in [0.2, 0.25) is 0 Å². The molecule has 1 rings (SSSR count). The van der Waals surface area contributed by atoms with Crippen molar-refractivity contribution in [1.82, 2.24) is 0 Å². The number of benzene rings is 1. The minimum absolute atomic E-state index is 0. The van der Waals surface area contributed by atoms with Gasteiger partial charge >= 0.3 is 0 Å². The molecule has 1 aromatic rings. The van der Waals surface area contributed by atoms with Crippen molar-refractivity contribution >= 4 is 24.8 Å². The van der Waals surface area contributed by atoms with Crippen LogP contribution in [0.15, 0.2) is 18.2 Å². The minimum Gasteiger partial charge on any atom is -0.497 e. The molecule has 0 saturated carbocycles. The number of rotatable bonds is 3. The van der Waals surface area contributed by atoms with Gasteiger partial charge in [-0.05, 0) is 28.5 Å². The van der Waals surface area contributed by atoms with E-state index in [9.17, 15) is 0 Å². The average molecular weight is 438 g/mol. The number of halogens is 1. The fourth-order valence-electron chi connectivity index (χ4n) is 2.70. The minimum atomic E-state index is -0.391. The van der Waals surface area contributed by atoms with Crippen molar-refractivity contribution in [3.05, 3.63) is 24.6 Å². The molecular formula is C17H29ClO2PPd-. The zero-order valence-corrected chi connectivity index (χ0v) is 18.1. The van der Waals surface area contributed by atoms with E-state index in [4.69, 9.17) is 9.47 Å². The Kier molecular flexibility index (Phi) is 11.3. The molecular weight excluding hydrogens is 409 g/mol. The van der Waals surface area contributed by atoms with Crippen LogP contribution in [-0.2, 0) is 20.4 Å². The van der Waals surface area contributed by atoms with Crippen molar-refractivity contribution in [2.45, 2.75) is 51.9 Å². The summed E-state index contributed by atoms with van der Waals surface area (Å²) in [6.07, 6.45) is 2.72. The van der Waals surface area contributed by atoms with Crippen LogP contribution in [0.25, 0.3) is 0 Å². The van der Waals surface area contributed by atoms with E-state index < -0.39 is 7.92 Å². The van der Waals surface area contributed by atoms with E-state index in [0.717, 1.165) is 11.5 Å². The molecule has 0 amide bonds. The van der Waals surface area contributed by atoms with Crippen molar-refractivity contribution in [2.75, 3.05) is 14.2 Å². The Labute approximate surface area is 156 Å². The number of methoxy groups -OCH3 is 2. The normalized spacial score (nSPS) is 11.2. The Balaban J connectivity index is 0. The molecule has 0 bridgehead atoms. The van der Waals surface area contributed by atoms with Crippen molar-refractivity contribution in [3.63, 3.8) is 0 Å². The van der Waals surface area contributed by atoms with Gasteiger partial charge in [-0.15, -0.1) is 0 Å². The molecule has 0 aromatic heterocycles. The largest absolute Gasteiger partial charge is 0.497 e. The van der Waals surface area contributed by atoms with E-state index in [1.54, 1.807) is 14.2 Å². The predicted octanol–water partition coefficient (Wildman–Crippen LogP) is 5.42. The summed E-state index contributed by atoms with van der Waals surface area (Å²) in [5, 5.41) is 1.72. The van der Waals surface area contributed by atoms with Gasteiger partial charge in [0.1, 0.15) is 11.5 Å². The van der Waals surface area contributed by atoms with Gasteiger partial charge in [0, 0.05) is 25.7 Å². The predicted molar refractivity (Wildman–Crippen MR) is 96.8 cm³/mol. The summed E-state index contributed by atoms with van der Waals surface area (Å²) in [5.74, 6) is 1.87. The first-order valence-corrected chi connectivity index (χ1v) is 8.78. The Hall–Kier alpha value is 0.202. The molecule has 5 heteroatoms. The molecule has 0 saturated heterocycles. The molecule has 1 aromatic carbocycles. The molecule has 132 valence electrons. The van der Waals surface area contributed by atoms with Crippen LogP contribution in [0.1, 0.15) is 41.5 Å². The van der Waals surface area contributed by atoms with Crippen LogP contribution >= 0.6 is 19.5 Å². The monoisotopic (exact) mass is 437 g/mol. The maximum atomic E-state index is 5.58. The van der Waals surface area contributed by atoms with Crippen molar-refractivity contribution < 1.29 is 29.9 Å². The van der Waals surface area contributed by atoms with Crippen LogP contribution in [0.5, 0.6) is 11.5 Å². The molecule has 0 unspecified atom stereocenters. The smallest absolute Gasteiger partial charge is 0.126 e. The van der Waals surface area contributed by atoms with E-state index in [-0.39, 0.29) is 30.7 Å². The third-order valence-electron chi connectivity index (χ3n) is 2.97. The second kappa shape index (κ2) is 10.1. The molecule has 0 spiro atoms. The molecule has 2 nitrogen and oxygen atoms in total. The van der Waals surface area contributed by atoms with Gasteiger partial charge in [-0.2, -0.15) is 0 Å². The first-order valence-electron chi connectivity index (χ1n) is 6.90. The molecule has 0 atom stereocenters. The maximum Gasteiger partial charge on any atom is 0.126 e. The van der Waals surface area contributed by atoms with E-state index in [0.29, 0.717) is 0 Å². The van der Waals surface area contributed by atoms with Crippen molar-refractivity contribution in [1.29, 1.82) is 0 Å². The summed E-state index contributed by atoms with van der Waals surface area (Å²) in [4.78, 5) is 0. The van der Waals surface area contributed by atoms with Crippen LogP contribution in [0.2, 0.25) is 0 Å². The fourth-order valence-corrected chi connectivity index (χ4v) is 6.80. The number of ether oxygens (including phenoxy) is 2. The first-order chi connectivity index (χ1) is 9.61. The fraction of sp³-hybridized carbons (Fsp3) is 0.588. The standard InChI is InChI=1S/C16H27O2P.CH2Cl.Pd/c1-15(2,3)19(16(4,5)6)14-11-12(17-7)9-10-13(14)18-8;1-2;/h9-11H,1-8H3;1H2;/q;-1;. The molecule has 0 radical (unpaired) electrons. The third-order valence-corrected chi connectivity index (χ3v) is 6.48. The Morgan fingerprint density at radius 2 is 1.36 bits per heavy atom. The van der Waals surface area contributed by atoms with Gasteiger partial charge in [0.15, 0.2) is 0 Å². The average Bonchev–Trinajstić information content (AvgIpc) is 2.37. The van der Waals surface area contributed by atoms with Crippen LogP contribution < -0.4 is 14.8 Å². The van der Waals surface area contributed by atoms with Crippen LogP contribution in [0, 0.1) is 6.38 Å². The zero-order valence-electron chi connectivity index (χ0n) is 14.9. The van der Waals surface area contributed by atoms with E-state index in [2.05, 4.69) is 65.6 Å². The van der Waals surface area contributed by atoms with E-state index in [1.807, 2.05) is 12.1 Å². The van der Waals surface area contributed by atoms with Gasteiger partial charge < -0.3 is 21.1 Å². The third kappa shape index (κ3) is 6.76. The van der Waals surface area contributed by atoms with Gasteiger partial charge in [-0.1, -0.05) is 49.5 Å². The van der Waals surface area contributed by atoms with Crippen LogP contribution in [0.3, 0.4) is 0 Å². The van der Waals surface area contributed by atoms with Crippen LogP contribution in [-0.4, -0.2) is 24.5 Å². The summed E-state index contributed by atoms with van der Waals surface area (Å²) in [6.45, 7) is 13.9. The Morgan fingerprint density at radius 1 is 0.909 bits per heavy atom. The maximum absolute atomic E-state index is 5.58. The molecule has 0 aliphatic heterocycles. The van der Waals surface area contributed by atoms with Gasteiger partial charge in [-0.3, -0.25) is 6.38 Å². The summed E-state index contributed by atoms with van der Waals surface area (Å²) < 4.78 is 11.0. The van der Waals surface area contributed by atoms with Gasteiger partial charge in [0.05, 0.1) is 14.2 Å². The summed E-state index contributed by atoms with van der Waals surface area (Å²) in [5.41, 5.74) is 0. The zero-order chi connectivity index (χ0) is 16.8. The van der Waals surface area contributed by atoms with Crippen molar-refractivity contribution in [3.8, 4) is 11.5 Å². The van der Waals surface area contributed by atoms with Crippen molar-refractivity contribution in [2.24, 2.45) is 0 Å². The van der Waals surface area contributed by atoms with Crippen LogP contribution in [0.4, 0.5) is 0 Å². The summed E-state index contributed by atoms with van der Waals surface area (Å²) in [6, 6.07) is 6.11. The quantitative estimate of drug-likeness (QED) is 0.357. The summed E-state index contributed by atoms with van der Waals surface area (Å²) in [7, 11) is 3.06. The Bertz CT molecular complexity index is 425. The first kappa shape index (κ1) is 24.5. The van der Waals surface area contributed by atoms with Gasteiger partial charge in [0.25, 0.3) is 0 Å². The second-order valence-corrected chi connectivity index (χ2v) is 10.6. The molecule has 0 aliphatic rings. The van der Waals surface area contributed by atoms with Gasteiger partial charge in [-0.25, -0.2) is 0 Å². The number of hydrogen-bond donors (Lipinski definition) is 0. The van der Waals surface area contributed by atoms with E-state index >= 15 is 0 Å². The second-order valence-electron chi connectivity index (χ2n) is 6.71. The molecule has 0 heterocycles. The van der Waals surface area contributed by atoms with E-state index in [1.165, 1.54) is 5.30 Å². The molecule has 0 aliphatic carbocycles. The number of hydrogen-bond acceptors (Lipinski definition) is 2. The SMILES string of the molecule is COc1ccc(OC)c(P(C(C)(C)C)C(C)(C)C)c1.[CH2-]Cl.[Pd]. The Morgan fingerprint density at radius 3 is 1.68 bits per heavy atom. The topological polar surface area (TPSA) is 18.5 Å².